The Morgan fingerprint density at radius 3 is 2.50 bits per heavy atom. The molecule has 0 spiro atoms. The van der Waals surface area contributed by atoms with Crippen molar-refractivity contribution in [2.75, 3.05) is 10.6 Å². The van der Waals surface area contributed by atoms with Gasteiger partial charge < -0.3 is 10.6 Å². The topological polar surface area (TPSA) is 67.7 Å². The molecule has 0 unspecified atom stereocenters. The van der Waals surface area contributed by atoms with E-state index in [4.69, 9.17) is 9.97 Å². The zero-order valence-corrected chi connectivity index (χ0v) is 17.4. The van der Waals surface area contributed by atoms with Crippen molar-refractivity contribution in [3.63, 3.8) is 0 Å². The Bertz CT molecular complexity index is 1180. The van der Waals surface area contributed by atoms with Crippen LogP contribution in [-0.2, 0) is 0 Å². The third-order valence-corrected chi connectivity index (χ3v) is 5.89. The number of rotatable bonds is 5. The monoisotopic (exact) mass is 398 g/mol. The number of benzene rings is 2. The predicted molar refractivity (Wildman–Crippen MR) is 122 cm³/mol. The van der Waals surface area contributed by atoms with E-state index in [1.54, 1.807) is 0 Å². The van der Waals surface area contributed by atoms with Crippen LogP contribution in [0.1, 0.15) is 36.8 Å². The van der Waals surface area contributed by atoms with Crippen molar-refractivity contribution in [2.45, 2.75) is 45.6 Å². The number of aryl methyl sites for hydroxylation is 2. The number of hydrogen-bond donors (Lipinski definition) is 2. The lowest BCUT2D eigenvalue weighted by Gasteiger charge is -2.15. The molecule has 0 bridgehead atoms. The molecule has 6 heteroatoms. The molecule has 2 aromatic carbocycles. The third-order valence-electron chi connectivity index (χ3n) is 5.89. The number of aromatic nitrogens is 4. The molecule has 152 valence electrons. The van der Waals surface area contributed by atoms with Gasteiger partial charge in [-0.05, 0) is 62.1 Å². The quantitative estimate of drug-likeness (QED) is 0.463. The second-order valence-corrected chi connectivity index (χ2v) is 8.07. The van der Waals surface area contributed by atoms with Crippen LogP contribution >= 0.6 is 0 Å². The molecule has 30 heavy (non-hydrogen) atoms. The Hall–Kier alpha value is -3.41. The Balaban J connectivity index is 1.60. The maximum Gasteiger partial charge on any atom is 0.226 e. The van der Waals surface area contributed by atoms with Crippen LogP contribution in [0.5, 0.6) is 0 Å². The average Bonchev–Trinajstić information content (AvgIpc) is 3.41. The van der Waals surface area contributed by atoms with E-state index in [0.717, 1.165) is 28.2 Å². The number of nitrogens with zero attached hydrogens (tertiary/aromatic N) is 4. The fourth-order valence-electron chi connectivity index (χ4n) is 4.03. The molecule has 0 aliphatic heterocycles. The van der Waals surface area contributed by atoms with Crippen LogP contribution in [0.3, 0.4) is 0 Å². The van der Waals surface area contributed by atoms with E-state index >= 15 is 0 Å². The van der Waals surface area contributed by atoms with Crippen LogP contribution in [0, 0.1) is 13.8 Å². The Morgan fingerprint density at radius 2 is 1.73 bits per heavy atom. The van der Waals surface area contributed by atoms with E-state index in [0.29, 0.717) is 12.0 Å². The smallest absolute Gasteiger partial charge is 0.226 e. The van der Waals surface area contributed by atoms with E-state index in [9.17, 15) is 0 Å². The van der Waals surface area contributed by atoms with Gasteiger partial charge in [-0.1, -0.05) is 37.1 Å². The maximum absolute atomic E-state index is 4.85. The molecule has 5 rings (SSSR count). The molecule has 0 saturated heterocycles. The molecular weight excluding hydrogens is 372 g/mol. The molecule has 0 amide bonds. The van der Waals surface area contributed by atoms with Gasteiger partial charge in [0.1, 0.15) is 5.82 Å². The number of fused-ring (bicyclic) bond motifs is 1. The van der Waals surface area contributed by atoms with Gasteiger partial charge in [-0.2, -0.15) is 15.1 Å². The summed E-state index contributed by atoms with van der Waals surface area (Å²) >= 11 is 0. The highest BCUT2D eigenvalue weighted by molar-refractivity contribution is 5.90. The van der Waals surface area contributed by atoms with Crippen LogP contribution in [-0.4, -0.2) is 25.8 Å². The summed E-state index contributed by atoms with van der Waals surface area (Å²) in [6.45, 7) is 4.24. The van der Waals surface area contributed by atoms with Gasteiger partial charge in [0, 0.05) is 11.7 Å². The first-order chi connectivity index (χ1) is 14.7. The first-order valence-corrected chi connectivity index (χ1v) is 10.6. The summed E-state index contributed by atoms with van der Waals surface area (Å²) in [7, 11) is 0. The minimum Gasteiger partial charge on any atom is -0.351 e. The summed E-state index contributed by atoms with van der Waals surface area (Å²) in [5.74, 6) is 1.42. The molecule has 4 aromatic rings. The number of para-hydroxylation sites is 1. The van der Waals surface area contributed by atoms with Gasteiger partial charge in [0.2, 0.25) is 5.95 Å². The van der Waals surface area contributed by atoms with E-state index in [2.05, 4.69) is 47.8 Å². The SMILES string of the molecule is Cc1ccc(Nc2nc(NC3CCCC3)nc3c2cnn3-c2ccccc2)cc1C. The third kappa shape index (κ3) is 3.61. The van der Waals surface area contributed by atoms with E-state index in [1.807, 2.05) is 41.2 Å². The van der Waals surface area contributed by atoms with Crippen LogP contribution < -0.4 is 10.6 Å². The molecule has 2 aromatic heterocycles. The van der Waals surface area contributed by atoms with Crippen molar-refractivity contribution in [1.82, 2.24) is 19.7 Å². The largest absolute Gasteiger partial charge is 0.351 e. The van der Waals surface area contributed by atoms with E-state index in [1.165, 1.54) is 36.8 Å². The highest BCUT2D eigenvalue weighted by Gasteiger charge is 2.19. The molecule has 0 radical (unpaired) electrons. The molecule has 6 nitrogen and oxygen atoms in total. The van der Waals surface area contributed by atoms with Crippen LogP contribution in [0.15, 0.2) is 54.7 Å². The van der Waals surface area contributed by atoms with Crippen LogP contribution in [0.25, 0.3) is 16.7 Å². The summed E-state index contributed by atoms with van der Waals surface area (Å²) in [6.07, 6.45) is 6.69. The van der Waals surface area contributed by atoms with Crippen molar-refractivity contribution in [1.29, 1.82) is 0 Å². The molecule has 1 fully saturated rings. The lowest BCUT2D eigenvalue weighted by Crippen LogP contribution is -2.17. The summed E-state index contributed by atoms with van der Waals surface area (Å²) in [4.78, 5) is 9.68. The molecule has 2 N–H and O–H groups in total. The van der Waals surface area contributed by atoms with E-state index in [-0.39, 0.29) is 0 Å². The van der Waals surface area contributed by atoms with Gasteiger partial charge in [-0.3, -0.25) is 0 Å². The summed E-state index contributed by atoms with van der Waals surface area (Å²) in [5, 5.41) is 12.6. The summed E-state index contributed by atoms with van der Waals surface area (Å²) in [5.41, 5.74) is 5.30. The fraction of sp³-hybridized carbons (Fsp3) is 0.292. The standard InChI is InChI=1S/C24H26N6/c1-16-12-13-19(14-17(16)2)26-22-21-15-25-30(20-10-4-3-5-11-20)23(21)29-24(28-22)27-18-8-6-7-9-18/h3-5,10-15,18H,6-9H2,1-2H3,(H2,26,27,28,29). The van der Waals surface area contributed by atoms with Gasteiger partial charge in [0.05, 0.1) is 17.3 Å². The second kappa shape index (κ2) is 7.78. The fourth-order valence-corrected chi connectivity index (χ4v) is 4.03. The molecule has 1 saturated carbocycles. The zero-order valence-electron chi connectivity index (χ0n) is 17.4. The Labute approximate surface area is 176 Å². The Morgan fingerprint density at radius 1 is 0.933 bits per heavy atom. The van der Waals surface area contributed by atoms with E-state index < -0.39 is 0 Å². The maximum atomic E-state index is 4.85. The molecule has 0 atom stereocenters. The molecule has 1 aliphatic rings. The highest BCUT2D eigenvalue weighted by atomic mass is 15.3. The van der Waals surface area contributed by atoms with Gasteiger partial charge in [-0.15, -0.1) is 0 Å². The zero-order chi connectivity index (χ0) is 20.5. The van der Waals surface area contributed by atoms with Crippen molar-refractivity contribution >= 4 is 28.5 Å². The summed E-state index contributed by atoms with van der Waals surface area (Å²) < 4.78 is 1.88. The highest BCUT2D eigenvalue weighted by Crippen LogP contribution is 2.29. The van der Waals surface area contributed by atoms with Crippen LogP contribution in [0.4, 0.5) is 17.5 Å². The lowest BCUT2D eigenvalue weighted by atomic mass is 10.1. The number of anilines is 3. The Kier molecular flexibility index (Phi) is 4.83. The summed E-state index contributed by atoms with van der Waals surface area (Å²) in [6, 6.07) is 16.9. The van der Waals surface area contributed by atoms with Gasteiger partial charge in [-0.25, -0.2) is 4.68 Å². The average molecular weight is 399 g/mol. The lowest BCUT2D eigenvalue weighted by molar-refractivity contribution is 0.744. The first kappa shape index (κ1) is 18.6. The first-order valence-electron chi connectivity index (χ1n) is 10.6. The molecule has 2 heterocycles. The number of nitrogens with one attached hydrogen (secondary N) is 2. The number of hydrogen-bond acceptors (Lipinski definition) is 5. The molecular formula is C24H26N6. The second-order valence-electron chi connectivity index (χ2n) is 8.07. The van der Waals surface area contributed by atoms with Crippen LogP contribution in [0.2, 0.25) is 0 Å². The van der Waals surface area contributed by atoms with Gasteiger partial charge in [0.15, 0.2) is 5.65 Å². The normalized spacial score (nSPS) is 14.3. The van der Waals surface area contributed by atoms with Gasteiger partial charge in [0.25, 0.3) is 0 Å². The minimum atomic E-state index is 0.435. The minimum absolute atomic E-state index is 0.435. The van der Waals surface area contributed by atoms with Gasteiger partial charge >= 0.3 is 0 Å². The van der Waals surface area contributed by atoms with Crippen molar-refractivity contribution in [2.24, 2.45) is 0 Å². The molecule has 1 aliphatic carbocycles. The van der Waals surface area contributed by atoms with Crippen molar-refractivity contribution in [3.05, 3.63) is 65.9 Å². The van der Waals surface area contributed by atoms with Crippen molar-refractivity contribution < 1.29 is 0 Å². The van der Waals surface area contributed by atoms with Crippen molar-refractivity contribution in [3.8, 4) is 5.69 Å². The predicted octanol–water partition coefficient (Wildman–Crippen LogP) is 5.53.